The van der Waals surface area contributed by atoms with Crippen LogP contribution < -0.4 is 5.32 Å². The maximum atomic E-state index is 12.4. The van der Waals surface area contributed by atoms with Gasteiger partial charge in [0.15, 0.2) is 0 Å². The highest BCUT2D eigenvalue weighted by Gasteiger charge is 2.35. The summed E-state index contributed by atoms with van der Waals surface area (Å²) in [5, 5.41) is 3.11. The largest absolute Gasteiger partial charge is 0.344 e. The zero-order valence-corrected chi connectivity index (χ0v) is 12.6. The Balaban J connectivity index is 2.49. The Kier molecular flexibility index (Phi) is 6.09. The van der Waals surface area contributed by atoms with Crippen LogP contribution in [0.1, 0.15) is 40.0 Å². The number of carbonyl (C=O) groups is 1. The smallest absolute Gasteiger partial charge is 0.239 e. The second-order valence-electron chi connectivity index (χ2n) is 5.62. The summed E-state index contributed by atoms with van der Waals surface area (Å²) in [5.41, 5.74) is 0. The average molecular weight is 255 g/mol. The van der Waals surface area contributed by atoms with Gasteiger partial charge in [-0.15, -0.1) is 0 Å². The van der Waals surface area contributed by atoms with Crippen LogP contribution in [0.15, 0.2) is 0 Å². The van der Waals surface area contributed by atoms with Gasteiger partial charge in [0.2, 0.25) is 5.91 Å². The molecule has 0 aliphatic carbocycles. The topological polar surface area (TPSA) is 35.6 Å². The summed E-state index contributed by atoms with van der Waals surface area (Å²) in [7, 11) is 3.86. The van der Waals surface area contributed by atoms with E-state index in [2.05, 4.69) is 31.0 Å². The number of nitrogens with one attached hydrogen (secondary N) is 1. The first-order chi connectivity index (χ1) is 8.49. The Morgan fingerprint density at radius 3 is 2.44 bits per heavy atom. The number of carbonyl (C=O) groups excluding carboxylic acids is 1. The lowest BCUT2D eigenvalue weighted by Gasteiger charge is -2.34. The Labute approximate surface area is 112 Å². The zero-order valence-electron chi connectivity index (χ0n) is 12.6. The predicted molar refractivity (Wildman–Crippen MR) is 75.6 cm³/mol. The summed E-state index contributed by atoms with van der Waals surface area (Å²) in [6.07, 6.45) is 3.43. The van der Waals surface area contributed by atoms with Crippen LogP contribution in [0, 0.1) is 0 Å². The molecule has 0 bridgehead atoms. The van der Waals surface area contributed by atoms with Gasteiger partial charge in [-0.1, -0.05) is 0 Å². The molecule has 0 saturated carbocycles. The monoisotopic (exact) mass is 255 g/mol. The molecule has 3 atom stereocenters. The quantitative estimate of drug-likeness (QED) is 0.727. The second-order valence-corrected chi connectivity index (χ2v) is 5.62. The predicted octanol–water partition coefficient (Wildman–Crippen LogP) is 1.32. The van der Waals surface area contributed by atoms with Gasteiger partial charge in [-0.2, -0.15) is 0 Å². The fraction of sp³-hybridized carbons (Fsp3) is 0.929. The molecular formula is C14H29N3O. The van der Waals surface area contributed by atoms with Crippen molar-refractivity contribution in [2.24, 2.45) is 0 Å². The number of hydrogen-bond donors (Lipinski definition) is 1. The first-order valence-electron chi connectivity index (χ1n) is 7.16. The van der Waals surface area contributed by atoms with Crippen molar-refractivity contribution in [1.29, 1.82) is 0 Å². The van der Waals surface area contributed by atoms with Gasteiger partial charge in [-0.3, -0.25) is 9.69 Å². The lowest BCUT2D eigenvalue weighted by Crippen LogP contribution is -2.49. The van der Waals surface area contributed by atoms with E-state index in [0.29, 0.717) is 12.1 Å². The highest BCUT2D eigenvalue weighted by Crippen LogP contribution is 2.26. The van der Waals surface area contributed by atoms with Crippen LogP contribution in [0.2, 0.25) is 0 Å². The van der Waals surface area contributed by atoms with Crippen LogP contribution in [0.25, 0.3) is 0 Å². The molecule has 0 aromatic heterocycles. The van der Waals surface area contributed by atoms with Gasteiger partial charge >= 0.3 is 0 Å². The fourth-order valence-corrected chi connectivity index (χ4v) is 3.03. The second kappa shape index (κ2) is 7.10. The maximum Gasteiger partial charge on any atom is 0.239 e. The molecule has 3 unspecified atom stereocenters. The number of nitrogens with zero attached hydrogens (tertiary/aromatic N) is 2. The van der Waals surface area contributed by atoms with Crippen molar-refractivity contribution in [3.8, 4) is 0 Å². The van der Waals surface area contributed by atoms with E-state index in [1.807, 2.05) is 19.0 Å². The minimum Gasteiger partial charge on any atom is -0.344 e. The van der Waals surface area contributed by atoms with Crippen molar-refractivity contribution in [2.45, 2.75) is 58.2 Å². The van der Waals surface area contributed by atoms with Gasteiger partial charge in [0.1, 0.15) is 0 Å². The molecule has 1 N–H and O–H groups in total. The van der Waals surface area contributed by atoms with Crippen LogP contribution in [-0.2, 0) is 4.79 Å². The third kappa shape index (κ3) is 3.69. The minimum absolute atomic E-state index is 0.0112. The number of rotatable bonds is 6. The van der Waals surface area contributed by atoms with Crippen LogP contribution in [-0.4, -0.2) is 61.0 Å². The highest BCUT2D eigenvalue weighted by molar-refractivity contribution is 5.81. The standard InChI is InChI=1S/C14H29N3O/c1-11-7-8-12(2)17(11)13(3)14(18)16(5)10-6-9-15-4/h11-13,15H,6-10H2,1-5H3. The van der Waals surface area contributed by atoms with E-state index in [1.54, 1.807) is 0 Å². The van der Waals surface area contributed by atoms with Gasteiger partial charge < -0.3 is 10.2 Å². The molecule has 1 aliphatic heterocycles. The Hall–Kier alpha value is -0.610. The molecule has 106 valence electrons. The molecule has 1 saturated heterocycles. The summed E-state index contributed by atoms with van der Waals surface area (Å²) < 4.78 is 0. The van der Waals surface area contributed by atoms with E-state index in [0.717, 1.165) is 19.5 Å². The van der Waals surface area contributed by atoms with Crippen molar-refractivity contribution < 1.29 is 4.79 Å². The molecule has 0 radical (unpaired) electrons. The lowest BCUT2D eigenvalue weighted by molar-refractivity contribution is -0.136. The first-order valence-corrected chi connectivity index (χ1v) is 7.16. The van der Waals surface area contributed by atoms with Crippen molar-refractivity contribution in [3.05, 3.63) is 0 Å². The molecule has 1 aliphatic rings. The van der Waals surface area contributed by atoms with Gasteiger partial charge in [0.25, 0.3) is 0 Å². The zero-order chi connectivity index (χ0) is 13.7. The Bertz CT molecular complexity index is 260. The summed E-state index contributed by atoms with van der Waals surface area (Å²) in [5.74, 6) is 0.256. The molecule has 4 nitrogen and oxygen atoms in total. The maximum absolute atomic E-state index is 12.4. The molecule has 0 aromatic carbocycles. The molecule has 1 fully saturated rings. The number of likely N-dealkylation sites (N-methyl/N-ethyl adjacent to an activating group) is 1. The third-order valence-corrected chi connectivity index (χ3v) is 4.12. The average Bonchev–Trinajstić information content (AvgIpc) is 2.67. The van der Waals surface area contributed by atoms with Crippen LogP contribution in [0.4, 0.5) is 0 Å². The van der Waals surface area contributed by atoms with Crippen molar-refractivity contribution in [1.82, 2.24) is 15.1 Å². The van der Waals surface area contributed by atoms with Gasteiger partial charge in [-0.25, -0.2) is 0 Å². The number of amides is 1. The number of likely N-dealkylation sites (tertiary alicyclic amines) is 1. The van der Waals surface area contributed by atoms with E-state index in [9.17, 15) is 4.79 Å². The van der Waals surface area contributed by atoms with Crippen molar-refractivity contribution in [3.63, 3.8) is 0 Å². The van der Waals surface area contributed by atoms with E-state index >= 15 is 0 Å². The normalized spacial score (nSPS) is 26.3. The van der Waals surface area contributed by atoms with E-state index < -0.39 is 0 Å². The molecule has 4 heteroatoms. The summed E-state index contributed by atoms with van der Waals surface area (Å²) >= 11 is 0. The summed E-state index contributed by atoms with van der Waals surface area (Å²) in [4.78, 5) is 16.6. The summed E-state index contributed by atoms with van der Waals surface area (Å²) in [6.45, 7) is 8.31. The number of hydrogen-bond acceptors (Lipinski definition) is 3. The van der Waals surface area contributed by atoms with Crippen LogP contribution in [0.5, 0.6) is 0 Å². The van der Waals surface area contributed by atoms with Crippen molar-refractivity contribution >= 4 is 5.91 Å². The third-order valence-electron chi connectivity index (χ3n) is 4.12. The minimum atomic E-state index is 0.0112. The molecule has 1 heterocycles. The fourth-order valence-electron chi connectivity index (χ4n) is 3.03. The van der Waals surface area contributed by atoms with E-state index in [-0.39, 0.29) is 11.9 Å². The molecule has 0 spiro atoms. The van der Waals surface area contributed by atoms with Gasteiger partial charge in [0.05, 0.1) is 6.04 Å². The van der Waals surface area contributed by atoms with Gasteiger partial charge in [-0.05, 0) is 53.6 Å². The van der Waals surface area contributed by atoms with Crippen molar-refractivity contribution in [2.75, 3.05) is 27.2 Å². The highest BCUT2D eigenvalue weighted by atomic mass is 16.2. The Morgan fingerprint density at radius 2 is 1.94 bits per heavy atom. The Morgan fingerprint density at radius 1 is 1.39 bits per heavy atom. The van der Waals surface area contributed by atoms with Crippen LogP contribution in [0.3, 0.4) is 0 Å². The molecule has 0 aromatic rings. The SMILES string of the molecule is CNCCCN(C)C(=O)C(C)N1C(C)CCC1C. The summed E-state index contributed by atoms with van der Waals surface area (Å²) in [6, 6.07) is 1.08. The molecular weight excluding hydrogens is 226 g/mol. The lowest BCUT2D eigenvalue weighted by atomic mass is 10.2. The molecule has 18 heavy (non-hydrogen) atoms. The van der Waals surface area contributed by atoms with E-state index in [4.69, 9.17) is 0 Å². The van der Waals surface area contributed by atoms with Crippen LogP contribution >= 0.6 is 0 Å². The van der Waals surface area contributed by atoms with E-state index in [1.165, 1.54) is 12.8 Å². The molecule has 1 amide bonds. The first kappa shape index (κ1) is 15.4. The van der Waals surface area contributed by atoms with Gasteiger partial charge in [0, 0.05) is 25.7 Å². The molecule has 1 rings (SSSR count).